The van der Waals surface area contributed by atoms with Gasteiger partial charge < -0.3 is 10.4 Å². The molecule has 0 heterocycles. The summed E-state index contributed by atoms with van der Waals surface area (Å²) < 4.78 is 0. The highest BCUT2D eigenvalue weighted by atomic mass is 16.4. The van der Waals surface area contributed by atoms with Crippen molar-refractivity contribution in [3.05, 3.63) is 48.2 Å². The third-order valence-electron chi connectivity index (χ3n) is 3.24. The van der Waals surface area contributed by atoms with Gasteiger partial charge in [-0.2, -0.15) is 0 Å². The van der Waals surface area contributed by atoms with Crippen LogP contribution in [-0.2, 0) is 11.2 Å². The molecule has 0 aromatic heterocycles. The minimum absolute atomic E-state index is 0.346. The number of hydrogen-bond acceptors (Lipinski definition) is 2. The van der Waals surface area contributed by atoms with Crippen LogP contribution in [-0.4, -0.2) is 33.6 Å². The largest absolute Gasteiger partial charge is 0.465 e. The molecule has 2 amide bonds. The summed E-state index contributed by atoms with van der Waals surface area (Å²) in [7, 11) is 0. The van der Waals surface area contributed by atoms with E-state index in [1.54, 1.807) is 33.9 Å². The van der Waals surface area contributed by atoms with E-state index in [0.717, 1.165) is 10.5 Å². The summed E-state index contributed by atoms with van der Waals surface area (Å²) in [5.41, 5.74) is 0.499. The fourth-order valence-electron chi connectivity index (χ4n) is 2.22. The van der Waals surface area contributed by atoms with Crippen molar-refractivity contribution in [1.82, 2.24) is 10.2 Å². The van der Waals surface area contributed by atoms with Crippen molar-refractivity contribution >= 4 is 12.0 Å². The number of allylic oxidation sites excluding steroid dienone is 1. The first-order valence-electron chi connectivity index (χ1n) is 7.25. The Morgan fingerprint density at radius 2 is 1.86 bits per heavy atom. The van der Waals surface area contributed by atoms with E-state index >= 15 is 0 Å². The number of carbonyl (C=O) groups excluding carboxylic acids is 1. The average molecular weight is 304 g/mol. The molecule has 1 aromatic carbocycles. The number of hydrogen-bond donors (Lipinski definition) is 2. The quantitative estimate of drug-likeness (QED) is 0.878. The molecular formula is C17H24N2O3. The zero-order valence-corrected chi connectivity index (χ0v) is 13.5. The Labute approximate surface area is 131 Å². The maximum Gasteiger partial charge on any atom is 0.408 e. The topological polar surface area (TPSA) is 69.6 Å². The predicted octanol–water partition coefficient (Wildman–Crippen LogP) is 3.03. The number of nitrogens with zero attached hydrogens (tertiary/aromatic N) is 1. The molecule has 0 aliphatic heterocycles. The van der Waals surface area contributed by atoms with Gasteiger partial charge in [0, 0.05) is 11.7 Å². The summed E-state index contributed by atoms with van der Waals surface area (Å²) in [4.78, 5) is 24.6. The van der Waals surface area contributed by atoms with E-state index in [4.69, 9.17) is 0 Å². The van der Waals surface area contributed by atoms with Gasteiger partial charge in [-0.25, -0.2) is 4.79 Å². The van der Waals surface area contributed by atoms with Gasteiger partial charge in [-0.1, -0.05) is 36.4 Å². The molecule has 0 fully saturated rings. The van der Waals surface area contributed by atoms with Gasteiger partial charge >= 0.3 is 6.09 Å². The highest BCUT2D eigenvalue weighted by Gasteiger charge is 2.34. The molecule has 0 spiro atoms. The summed E-state index contributed by atoms with van der Waals surface area (Å²) in [6.45, 7) is 6.86. The number of amides is 2. The third kappa shape index (κ3) is 5.24. The van der Waals surface area contributed by atoms with Gasteiger partial charge in [0.15, 0.2) is 0 Å². The molecule has 1 aromatic rings. The smallest absolute Gasteiger partial charge is 0.408 e. The lowest BCUT2D eigenvalue weighted by Crippen LogP contribution is -2.54. The molecule has 120 valence electrons. The van der Waals surface area contributed by atoms with Gasteiger partial charge in [-0.05, 0) is 39.7 Å². The summed E-state index contributed by atoms with van der Waals surface area (Å²) in [6.07, 6.45) is 3.00. The van der Waals surface area contributed by atoms with Crippen molar-refractivity contribution in [2.24, 2.45) is 0 Å². The first-order valence-corrected chi connectivity index (χ1v) is 7.25. The lowest BCUT2D eigenvalue weighted by molar-refractivity contribution is -0.125. The standard InChI is InChI=1S/C17H24N2O3/c1-13(19(16(21)22)17(2,3)4)15(20)18-12-8-11-14-9-6-5-7-10-14/h5-10,12-13H,11H2,1-4H3,(H,18,20)(H,21,22)/b12-8-. The molecule has 22 heavy (non-hydrogen) atoms. The van der Waals surface area contributed by atoms with Gasteiger partial charge in [0.1, 0.15) is 6.04 Å². The zero-order valence-electron chi connectivity index (χ0n) is 13.5. The summed E-state index contributed by atoms with van der Waals surface area (Å²) in [5.74, 6) is -0.346. The number of nitrogens with one attached hydrogen (secondary N) is 1. The van der Waals surface area contributed by atoms with E-state index in [1.165, 1.54) is 0 Å². The molecule has 1 unspecified atom stereocenters. The predicted molar refractivity (Wildman–Crippen MR) is 86.5 cm³/mol. The summed E-state index contributed by atoms with van der Waals surface area (Å²) >= 11 is 0. The van der Waals surface area contributed by atoms with Crippen molar-refractivity contribution in [3.63, 3.8) is 0 Å². The minimum Gasteiger partial charge on any atom is -0.465 e. The van der Waals surface area contributed by atoms with E-state index in [0.29, 0.717) is 6.42 Å². The Hall–Kier alpha value is -2.30. The van der Waals surface area contributed by atoms with Crippen LogP contribution in [0.1, 0.15) is 33.3 Å². The second-order valence-corrected chi connectivity index (χ2v) is 6.10. The Kier molecular flexibility index (Phi) is 6.16. The summed E-state index contributed by atoms with van der Waals surface area (Å²) in [6, 6.07) is 9.10. The molecule has 0 saturated carbocycles. The van der Waals surface area contributed by atoms with Gasteiger partial charge in [-0.15, -0.1) is 0 Å². The van der Waals surface area contributed by atoms with Crippen LogP contribution in [0.2, 0.25) is 0 Å². The highest BCUT2D eigenvalue weighted by Crippen LogP contribution is 2.17. The molecule has 1 atom stereocenters. The molecule has 1 rings (SSSR count). The number of carboxylic acid groups (broad SMARTS) is 1. The average Bonchev–Trinajstić information content (AvgIpc) is 2.42. The van der Waals surface area contributed by atoms with Crippen LogP contribution in [0.15, 0.2) is 42.6 Å². The highest BCUT2D eigenvalue weighted by molar-refractivity contribution is 5.85. The van der Waals surface area contributed by atoms with Crippen LogP contribution in [0.4, 0.5) is 4.79 Å². The maximum absolute atomic E-state index is 12.1. The van der Waals surface area contributed by atoms with Crippen molar-refractivity contribution in [2.45, 2.75) is 45.7 Å². The second-order valence-electron chi connectivity index (χ2n) is 6.10. The van der Waals surface area contributed by atoms with Gasteiger partial charge in [0.2, 0.25) is 5.91 Å². The van der Waals surface area contributed by atoms with Crippen LogP contribution in [0.5, 0.6) is 0 Å². The van der Waals surface area contributed by atoms with E-state index in [2.05, 4.69) is 5.32 Å². The van der Waals surface area contributed by atoms with Crippen molar-refractivity contribution in [2.75, 3.05) is 0 Å². The monoisotopic (exact) mass is 304 g/mol. The molecule has 0 radical (unpaired) electrons. The SMILES string of the molecule is CC(C(=O)N/C=C\Cc1ccccc1)N(C(=O)O)C(C)(C)C. The van der Waals surface area contributed by atoms with Gasteiger partial charge in [-0.3, -0.25) is 9.69 Å². The molecule has 0 bridgehead atoms. The maximum atomic E-state index is 12.1. The molecule has 0 aliphatic carbocycles. The third-order valence-corrected chi connectivity index (χ3v) is 3.24. The Morgan fingerprint density at radius 3 is 2.36 bits per heavy atom. The van der Waals surface area contributed by atoms with Gasteiger partial charge in [0.05, 0.1) is 0 Å². The summed E-state index contributed by atoms with van der Waals surface area (Å²) in [5, 5.41) is 11.9. The molecular weight excluding hydrogens is 280 g/mol. The first-order chi connectivity index (χ1) is 10.2. The first kappa shape index (κ1) is 17.8. The normalized spacial score (nSPS) is 12.9. The molecule has 0 saturated heterocycles. The van der Waals surface area contributed by atoms with Gasteiger partial charge in [0.25, 0.3) is 0 Å². The van der Waals surface area contributed by atoms with Crippen LogP contribution in [0.3, 0.4) is 0 Å². The van der Waals surface area contributed by atoms with Crippen LogP contribution < -0.4 is 5.32 Å². The van der Waals surface area contributed by atoms with Crippen LogP contribution in [0, 0.1) is 0 Å². The minimum atomic E-state index is -1.11. The van der Waals surface area contributed by atoms with Crippen LogP contribution in [0.25, 0.3) is 0 Å². The van der Waals surface area contributed by atoms with Crippen molar-refractivity contribution in [3.8, 4) is 0 Å². The molecule has 5 nitrogen and oxygen atoms in total. The Morgan fingerprint density at radius 1 is 1.27 bits per heavy atom. The van der Waals surface area contributed by atoms with E-state index in [9.17, 15) is 14.7 Å². The fraction of sp³-hybridized carbons (Fsp3) is 0.412. The van der Waals surface area contributed by atoms with E-state index < -0.39 is 17.7 Å². The fourth-order valence-corrected chi connectivity index (χ4v) is 2.22. The molecule has 2 N–H and O–H groups in total. The second kappa shape index (κ2) is 7.64. The van der Waals surface area contributed by atoms with E-state index in [1.807, 2.05) is 36.4 Å². The Bertz CT molecular complexity index is 533. The Balaban J connectivity index is 2.58. The van der Waals surface area contributed by atoms with Crippen LogP contribution >= 0.6 is 0 Å². The zero-order chi connectivity index (χ0) is 16.8. The molecule has 0 aliphatic rings. The number of rotatable bonds is 5. The number of carbonyl (C=O) groups is 2. The molecule has 5 heteroatoms. The number of benzene rings is 1. The lowest BCUT2D eigenvalue weighted by Gasteiger charge is -2.36. The lowest BCUT2D eigenvalue weighted by atomic mass is 10.0. The van der Waals surface area contributed by atoms with E-state index in [-0.39, 0.29) is 5.91 Å². The van der Waals surface area contributed by atoms with Crippen molar-refractivity contribution < 1.29 is 14.7 Å². The van der Waals surface area contributed by atoms with Crippen molar-refractivity contribution in [1.29, 1.82) is 0 Å².